The van der Waals surface area contributed by atoms with Crippen LogP contribution in [0.25, 0.3) is 11.4 Å². The minimum absolute atomic E-state index is 0.0900. The third kappa shape index (κ3) is 4.04. The molecule has 7 heteroatoms. The standard InChI is InChI=1S/C24H27N3O3S/c1-17-8-10-19(11-9-17)23-25-24(30-26-23)21-7-4-14-27(16-21)31(28,29)22-13-12-18-5-2-3-6-20(18)15-22/h8-13,15,21H,2-7,14,16H2,1H3/t21-/m1/s1. The third-order valence-electron chi connectivity index (χ3n) is 6.44. The van der Waals surface area contributed by atoms with E-state index in [1.54, 1.807) is 10.4 Å². The Bertz CT molecular complexity index is 1190. The van der Waals surface area contributed by atoms with E-state index >= 15 is 0 Å². The number of hydrogen-bond donors (Lipinski definition) is 0. The average Bonchev–Trinajstić information content (AvgIpc) is 3.30. The monoisotopic (exact) mass is 437 g/mol. The molecule has 3 aromatic rings. The van der Waals surface area contributed by atoms with E-state index in [1.165, 1.54) is 23.1 Å². The summed E-state index contributed by atoms with van der Waals surface area (Å²) in [5.41, 5.74) is 4.54. The molecular formula is C24H27N3O3S. The van der Waals surface area contributed by atoms with Crippen LogP contribution in [0.4, 0.5) is 0 Å². The molecule has 1 fully saturated rings. The van der Waals surface area contributed by atoms with Crippen LogP contribution >= 0.6 is 0 Å². The van der Waals surface area contributed by atoms with Crippen molar-refractivity contribution in [2.24, 2.45) is 0 Å². The van der Waals surface area contributed by atoms with Gasteiger partial charge in [0.1, 0.15) is 0 Å². The van der Waals surface area contributed by atoms with Gasteiger partial charge in [-0.1, -0.05) is 41.1 Å². The van der Waals surface area contributed by atoms with Gasteiger partial charge in [-0.25, -0.2) is 8.42 Å². The number of nitrogens with zero attached hydrogens (tertiary/aromatic N) is 3. The first-order valence-corrected chi connectivity index (χ1v) is 12.5. The maximum atomic E-state index is 13.4. The van der Waals surface area contributed by atoms with E-state index in [1.807, 2.05) is 43.3 Å². The number of sulfonamides is 1. The summed E-state index contributed by atoms with van der Waals surface area (Å²) in [7, 11) is -3.54. The Balaban J connectivity index is 1.36. The fourth-order valence-electron chi connectivity index (χ4n) is 4.60. The summed E-state index contributed by atoms with van der Waals surface area (Å²) in [5.74, 6) is 0.971. The van der Waals surface area contributed by atoms with Crippen molar-refractivity contribution in [1.29, 1.82) is 0 Å². The fraction of sp³-hybridized carbons (Fsp3) is 0.417. The fourth-order valence-corrected chi connectivity index (χ4v) is 6.18. The van der Waals surface area contributed by atoms with Gasteiger partial charge in [-0.15, -0.1) is 0 Å². The maximum absolute atomic E-state index is 13.4. The van der Waals surface area contributed by atoms with Gasteiger partial charge in [0, 0.05) is 18.7 Å². The van der Waals surface area contributed by atoms with Gasteiger partial charge in [-0.2, -0.15) is 9.29 Å². The van der Waals surface area contributed by atoms with E-state index in [4.69, 9.17) is 4.52 Å². The van der Waals surface area contributed by atoms with Crippen LogP contribution in [0.5, 0.6) is 0 Å². The van der Waals surface area contributed by atoms with E-state index in [0.717, 1.165) is 37.7 Å². The summed E-state index contributed by atoms with van der Waals surface area (Å²) < 4.78 is 33.9. The van der Waals surface area contributed by atoms with E-state index in [-0.39, 0.29) is 5.92 Å². The first kappa shape index (κ1) is 20.4. The zero-order valence-corrected chi connectivity index (χ0v) is 18.6. The molecular weight excluding hydrogens is 410 g/mol. The van der Waals surface area contributed by atoms with Crippen LogP contribution in [-0.4, -0.2) is 36.0 Å². The molecule has 0 unspecified atom stereocenters. The summed E-state index contributed by atoms with van der Waals surface area (Å²) in [6, 6.07) is 13.6. The average molecular weight is 438 g/mol. The van der Waals surface area contributed by atoms with Crippen LogP contribution in [0, 0.1) is 6.92 Å². The molecule has 1 saturated heterocycles. The van der Waals surface area contributed by atoms with E-state index in [9.17, 15) is 8.42 Å². The van der Waals surface area contributed by atoms with Crippen molar-refractivity contribution < 1.29 is 12.9 Å². The van der Waals surface area contributed by atoms with E-state index < -0.39 is 10.0 Å². The molecule has 2 aromatic carbocycles. The number of hydrogen-bond acceptors (Lipinski definition) is 5. The highest BCUT2D eigenvalue weighted by molar-refractivity contribution is 7.89. The molecule has 1 aliphatic heterocycles. The van der Waals surface area contributed by atoms with Crippen molar-refractivity contribution in [2.75, 3.05) is 13.1 Å². The van der Waals surface area contributed by atoms with Crippen molar-refractivity contribution >= 4 is 10.0 Å². The Morgan fingerprint density at radius 3 is 2.58 bits per heavy atom. The van der Waals surface area contributed by atoms with E-state index in [0.29, 0.717) is 29.7 Å². The van der Waals surface area contributed by atoms with Gasteiger partial charge >= 0.3 is 0 Å². The van der Waals surface area contributed by atoms with Gasteiger partial charge in [-0.05, 0) is 68.7 Å². The molecule has 2 heterocycles. The Morgan fingerprint density at radius 1 is 1.00 bits per heavy atom. The predicted molar refractivity (Wildman–Crippen MR) is 118 cm³/mol. The molecule has 0 bridgehead atoms. The Hall–Kier alpha value is -2.51. The van der Waals surface area contributed by atoms with Gasteiger partial charge in [0.05, 0.1) is 10.8 Å². The highest BCUT2D eigenvalue weighted by Crippen LogP contribution is 2.32. The molecule has 0 saturated carbocycles. The summed E-state index contributed by atoms with van der Waals surface area (Å²) in [4.78, 5) is 4.98. The second-order valence-corrected chi connectivity index (χ2v) is 10.6. The lowest BCUT2D eigenvalue weighted by atomic mass is 9.92. The minimum Gasteiger partial charge on any atom is -0.339 e. The number of rotatable bonds is 4. The second-order valence-electron chi connectivity index (χ2n) is 8.66. The lowest BCUT2D eigenvalue weighted by molar-refractivity contribution is 0.265. The molecule has 0 spiro atoms. The summed E-state index contributed by atoms with van der Waals surface area (Å²) in [6.07, 6.45) is 5.93. The predicted octanol–water partition coefficient (Wildman–Crippen LogP) is 4.49. The van der Waals surface area contributed by atoms with Crippen LogP contribution in [-0.2, 0) is 22.9 Å². The Kier molecular flexibility index (Phi) is 5.40. The number of aryl methyl sites for hydroxylation is 3. The number of piperidine rings is 1. The van der Waals surface area contributed by atoms with Crippen LogP contribution in [0.3, 0.4) is 0 Å². The molecule has 1 atom stereocenters. The Morgan fingerprint density at radius 2 is 1.77 bits per heavy atom. The molecule has 5 rings (SSSR count). The third-order valence-corrected chi connectivity index (χ3v) is 8.30. The van der Waals surface area contributed by atoms with Crippen molar-refractivity contribution in [3.63, 3.8) is 0 Å². The normalized spacial score (nSPS) is 19.8. The Labute approximate surface area is 183 Å². The summed E-state index contributed by atoms with van der Waals surface area (Å²) in [5, 5.41) is 4.13. The molecule has 31 heavy (non-hydrogen) atoms. The smallest absolute Gasteiger partial charge is 0.243 e. The quantitative estimate of drug-likeness (QED) is 0.601. The van der Waals surface area contributed by atoms with Gasteiger partial charge < -0.3 is 4.52 Å². The van der Waals surface area contributed by atoms with Crippen LogP contribution in [0.15, 0.2) is 51.9 Å². The number of fused-ring (bicyclic) bond motifs is 1. The van der Waals surface area contributed by atoms with Crippen LogP contribution in [0.2, 0.25) is 0 Å². The van der Waals surface area contributed by atoms with Gasteiger partial charge in [0.2, 0.25) is 21.7 Å². The molecule has 0 N–H and O–H groups in total. The molecule has 2 aliphatic rings. The topological polar surface area (TPSA) is 76.3 Å². The maximum Gasteiger partial charge on any atom is 0.243 e. The molecule has 6 nitrogen and oxygen atoms in total. The summed E-state index contributed by atoms with van der Waals surface area (Å²) >= 11 is 0. The van der Waals surface area contributed by atoms with Crippen LogP contribution in [0.1, 0.15) is 54.2 Å². The van der Waals surface area contributed by atoms with Crippen molar-refractivity contribution in [3.8, 4) is 11.4 Å². The van der Waals surface area contributed by atoms with Crippen molar-refractivity contribution in [3.05, 3.63) is 65.0 Å². The molecule has 162 valence electrons. The first-order chi connectivity index (χ1) is 15.0. The summed E-state index contributed by atoms with van der Waals surface area (Å²) in [6.45, 7) is 2.93. The zero-order chi connectivity index (χ0) is 21.4. The largest absolute Gasteiger partial charge is 0.339 e. The molecule has 1 aliphatic carbocycles. The van der Waals surface area contributed by atoms with E-state index in [2.05, 4.69) is 10.1 Å². The second kappa shape index (κ2) is 8.20. The lowest BCUT2D eigenvalue weighted by Crippen LogP contribution is -2.39. The minimum atomic E-state index is -3.54. The highest BCUT2D eigenvalue weighted by Gasteiger charge is 2.33. The number of aromatic nitrogens is 2. The van der Waals surface area contributed by atoms with Crippen molar-refractivity contribution in [1.82, 2.24) is 14.4 Å². The SMILES string of the molecule is Cc1ccc(-c2noc([C@@H]3CCCN(S(=O)(=O)c4ccc5c(c4)CCCC5)C3)n2)cc1. The first-order valence-electron chi connectivity index (χ1n) is 11.0. The zero-order valence-electron chi connectivity index (χ0n) is 17.8. The highest BCUT2D eigenvalue weighted by atomic mass is 32.2. The molecule has 0 amide bonds. The van der Waals surface area contributed by atoms with Gasteiger partial charge in [0.25, 0.3) is 0 Å². The number of benzene rings is 2. The van der Waals surface area contributed by atoms with Gasteiger partial charge in [0.15, 0.2) is 0 Å². The molecule has 0 radical (unpaired) electrons. The van der Waals surface area contributed by atoms with Gasteiger partial charge in [-0.3, -0.25) is 0 Å². The van der Waals surface area contributed by atoms with Crippen LogP contribution < -0.4 is 0 Å². The van der Waals surface area contributed by atoms with Crippen molar-refractivity contribution in [2.45, 2.75) is 56.3 Å². The molecule has 1 aromatic heterocycles. The lowest BCUT2D eigenvalue weighted by Gasteiger charge is -2.30.